The van der Waals surface area contributed by atoms with Gasteiger partial charge in [-0.15, -0.1) is 0 Å². The monoisotopic (exact) mass is 333 g/mol. The molecule has 0 fully saturated rings. The maximum Gasteiger partial charge on any atom is 0.262 e. The Morgan fingerprint density at radius 2 is 2.00 bits per heavy atom. The van der Waals surface area contributed by atoms with Crippen molar-refractivity contribution in [2.75, 3.05) is 6.54 Å². The van der Waals surface area contributed by atoms with Crippen molar-refractivity contribution in [3.63, 3.8) is 0 Å². The van der Waals surface area contributed by atoms with E-state index >= 15 is 0 Å². The lowest BCUT2D eigenvalue weighted by atomic mass is 10.2. The third-order valence-electron chi connectivity index (χ3n) is 3.48. The number of para-hydroxylation sites is 1. The van der Waals surface area contributed by atoms with Gasteiger partial charge >= 0.3 is 0 Å². The van der Waals surface area contributed by atoms with Crippen LogP contribution in [0.15, 0.2) is 34.2 Å². The van der Waals surface area contributed by atoms with Crippen molar-refractivity contribution in [1.29, 1.82) is 0 Å². The van der Waals surface area contributed by atoms with Crippen molar-refractivity contribution in [3.8, 4) is 0 Å². The van der Waals surface area contributed by atoms with E-state index in [0.29, 0.717) is 35.1 Å². The topological polar surface area (TPSA) is 64.0 Å². The molecular weight excluding hydrogens is 310 g/mol. The van der Waals surface area contributed by atoms with Gasteiger partial charge in [-0.3, -0.25) is 14.2 Å². The summed E-state index contributed by atoms with van der Waals surface area (Å²) in [5.74, 6) is 0.373. The molecule has 0 radical (unpaired) electrons. The molecule has 124 valence electrons. The second kappa shape index (κ2) is 7.64. The first kappa shape index (κ1) is 17.5. The van der Waals surface area contributed by atoms with E-state index in [9.17, 15) is 9.59 Å². The number of aromatic nitrogens is 2. The van der Waals surface area contributed by atoms with Crippen LogP contribution in [0.2, 0.25) is 0 Å². The summed E-state index contributed by atoms with van der Waals surface area (Å²) in [6.07, 6.45) is 0. The van der Waals surface area contributed by atoms with Gasteiger partial charge < -0.3 is 5.32 Å². The number of hydrogen-bond acceptors (Lipinski definition) is 4. The van der Waals surface area contributed by atoms with Gasteiger partial charge in [-0.25, -0.2) is 4.98 Å². The number of nitrogens with one attached hydrogen (secondary N) is 1. The quantitative estimate of drug-likeness (QED) is 0.652. The molecule has 0 spiro atoms. The molecule has 1 amide bonds. The van der Waals surface area contributed by atoms with Crippen LogP contribution in [0.4, 0.5) is 0 Å². The minimum absolute atomic E-state index is 0.0336. The van der Waals surface area contributed by atoms with Gasteiger partial charge in [0.25, 0.3) is 5.56 Å². The largest absolute Gasteiger partial charge is 0.355 e. The van der Waals surface area contributed by atoms with Gasteiger partial charge in [0.1, 0.15) is 0 Å². The van der Waals surface area contributed by atoms with Gasteiger partial charge in [0.15, 0.2) is 5.16 Å². The van der Waals surface area contributed by atoms with Gasteiger partial charge in [-0.1, -0.05) is 37.7 Å². The number of hydrogen-bond donors (Lipinski definition) is 1. The van der Waals surface area contributed by atoms with E-state index in [0.717, 1.165) is 0 Å². The first-order valence-corrected chi connectivity index (χ1v) is 8.76. The highest BCUT2D eigenvalue weighted by Gasteiger charge is 2.18. The molecule has 0 saturated carbocycles. The van der Waals surface area contributed by atoms with Gasteiger partial charge in [-0.2, -0.15) is 0 Å². The summed E-state index contributed by atoms with van der Waals surface area (Å²) < 4.78 is 1.62. The van der Waals surface area contributed by atoms with E-state index in [1.165, 1.54) is 11.8 Å². The number of carbonyl (C=O) groups is 1. The maximum atomic E-state index is 12.6. The molecule has 1 N–H and O–H groups in total. The predicted molar refractivity (Wildman–Crippen MR) is 94.8 cm³/mol. The fourth-order valence-electron chi connectivity index (χ4n) is 2.18. The summed E-state index contributed by atoms with van der Waals surface area (Å²) in [5, 5.41) is 3.80. The predicted octanol–water partition coefficient (Wildman–Crippen LogP) is 2.67. The zero-order valence-corrected chi connectivity index (χ0v) is 14.8. The molecule has 2 aromatic rings. The van der Waals surface area contributed by atoms with Crippen LogP contribution in [0.25, 0.3) is 10.9 Å². The van der Waals surface area contributed by atoms with Crippen molar-refractivity contribution in [2.24, 2.45) is 5.92 Å². The fourth-order valence-corrected chi connectivity index (χ4v) is 3.17. The second-order valence-electron chi connectivity index (χ2n) is 5.86. The average Bonchev–Trinajstić information content (AvgIpc) is 2.53. The SMILES string of the molecule is CCn1c(SC(C)C(=O)NCC(C)C)nc2ccccc2c1=O. The highest BCUT2D eigenvalue weighted by Crippen LogP contribution is 2.22. The molecule has 0 aliphatic heterocycles. The van der Waals surface area contributed by atoms with Crippen LogP contribution < -0.4 is 10.9 Å². The summed E-state index contributed by atoms with van der Waals surface area (Å²) in [4.78, 5) is 29.3. The number of rotatable bonds is 6. The normalized spacial score (nSPS) is 12.6. The number of carbonyl (C=O) groups excluding carboxylic acids is 1. The van der Waals surface area contributed by atoms with Gasteiger partial charge in [0.05, 0.1) is 16.2 Å². The minimum atomic E-state index is -0.306. The highest BCUT2D eigenvalue weighted by atomic mass is 32.2. The Kier molecular flexibility index (Phi) is 5.82. The average molecular weight is 333 g/mol. The van der Waals surface area contributed by atoms with Crippen molar-refractivity contribution in [1.82, 2.24) is 14.9 Å². The number of benzene rings is 1. The van der Waals surface area contributed by atoms with Gasteiger partial charge in [0.2, 0.25) is 5.91 Å². The van der Waals surface area contributed by atoms with Gasteiger partial charge in [0, 0.05) is 13.1 Å². The van der Waals surface area contributed by atoms with Crippen molar-refractivity contribution >= 4 is 28.6 Å². The van der Waals surface area contributed by atoms with E-state index in [2.05, 4.69) is 24.1 Å². The lowest BCUT2D eigenvalue weighted by Gasteiger charge is -2.16. The molecular formula is C17H23N3O2S. The van der Waals surface area contributed by atoms with Crippen molar-refractivity contribution < 1.29 is 4.79 Å². The zero-order chi connectivity index (χ0) is 17.0. The Hall–Kier alpha value is -1.82. The standard InChI is InChI=1S/C17H23N3O2S/c1-5-20-16(22)13-8-6-7-9-14(13)19-17(20)23-12(4)15(21)18-10-11(2)3/h6-9,11-12H,5,10H2,1-4H3,(H,18,21). The maximum absolute atomic E-state index is 12.6. The van der Waals surface area contributed by atoms with Gasteiger partial charge in [-0.05, 0) is 31.9 Å². The summed E-state index contributed by atoms with van der Waals surface area (Å²) in [6.45, 7) is 9.03. The molecule has 0 bridgehead atoms. The Balaban J connectivity index is 2.28. The van der Waals surface area contributed by atoms with E-state index in [4.69, 9.17) is 0 Å². The minimum Gasteiger partial charge on any atom is -0.355 e. The van der Waals surface area contributed by atoms with Crippen LogP contribution in [-0.4, -0.2) is 27.3 Å². The van der Waals surface area contributed by atoms with Crippen LogP contribution in [0.5, 0.6) is 0 Å². The molecule has 0 aliphatic rings. The van der Waals surface area contributed by atoms with Crippen LogP contribution in [-0.2, 0) is 11.3 Å². The van der Waals surface area contributed by atoms with Crippen molar-refractivity contribution in [3.05, 3.63) is 34.6 Å². The van der Waals surface area contributed by atoms with Crippen molar-refractivity contribution in [2.45, 2.75) is 44.6 Å². The second-order valence-corrected chi connectivity index (χ2v) is 7.17. The summed E-state index contributed by atoms with van der Waals surface area (Å²) >= 11 is 1.32. The third-order valence-corrected chi connectivity index (χ3v) is 4.57. The first-order valence-electron chi connectivity index (χ1n) is 7.88. The smallest absolute Gasteiger partial charge is 0.262 e. The summed E-state index contributed by atoms with van der Waals surface area (Å²) in [6, 6.07) is 7.30. The third kappa shape index (κ3) is 4.13. The van der Waals surface area contributed by atoms with Crippen LogP contribution >= 0.6 is 11.8 Å². The van der Waals surface area contributed by atoms with Crippen LogP contribution in [0.1, 0.15) is 27.7 Å². The number of amides is 1. The molecule has 2 rings (SSSR count). The van der Waals surface area contributed by atoms with Crippen LogP contribution in [0.3, 0.4) is 0 Å². The lowest BCUT2D eigenvalue weighted by Crippen LogP contribution is -2.34. The first-order chi connectivity index (χ1) is 10.9. The number of fused-ring (bicyclic) bond motifs is 1. The molecule has 0 aliphatic carbocycles. The molecule has 1 unspecified atom stereocenters. The zero-order valence-electron chi connectivity index (χ0n) is 14.0. The molecule has 0 saturated heterocycles. The Morgan fingerprint density at radius 1 is 1.30 bits per heavy atom. The molecule has 23 heavy (non-hydrogen) atoms. The van der Waals surface area contributed by atoms with E-state index in [1.807, 2.05) is 32.0 Å². The Bertz CT molecular complexity index is 755. The molecule has 5 nitrogen and oxygen atoms in total. The van der Waals surface area contributed by atoms with Crippen LogP contribution in [0, 0.1) is 5.92 Å². The molecule has 1 aromatic heterocycles. The number of thioether (sulfide) groups is 1. The molecule has 1 atom stereocenters. The molecule has 1 aromatic carbocycles. The highest BCUT2D eigenvalue weighted by molar-refractivity contribution is 8.00. The fraction of sp³-hybridized carbons (Fsp3) is 0.471. The molecule has 1 heterocycles. The lowest BCUT2D eigenvalue weighted by molar-refractivity contribution is -0.120. The summed E-state index contributed by atoms with van der Waals surface area (Å²) in [5.41, 5.74) is 0.606. The van der Waals surface area contributed by atoms with E-state index < -0.39 is 0 Å². The summed E-state index contributed by atoms with van der Waals surface area (Å²) in [7, 11) is 0. The van der Waals surface area contributed by atoms with E-state index in [1.54, 1.807) is 10.6 Å². The number of nitrogens with zero attached hydrogens (tertiary/aromatic N) is 2. The Labute approximate surface area is 140 Å². The Morgan fingerprint density at radius 3 is 2.65 bits per heavy atom. The molecule has 6 heteroatoms. The van der Waals surface area contributed by atoms with E-state index in [-0.39, 0.29) is 16.7 Å².